The molecule has 1 aromatic heterocycles. The maximum Gasteiger partial charge on any atom is 0.271 e. The molecule has 0 aromatic carbocycles. The number of carbonyl (C=O) groups excluding carboxylic acids is 1. The van der Waals surface area contributed by atoms with Gasteiger partial charge in [-0.25, -0.2) is 0 Å². The zero-order valence-electron chi connectivity index (χ0n) is 13.1. The Kier molecular flexibility index (Phi) is 5.50. The number of aromatic nitrogens is 2. The van der Waals surface area contributed by atoms with Crippen molar-refractivity contribution in [2.45, 2.75) is 32.7 Å². The molecule has 1 aliphatic rings. The van der Waals surface area contributed by atoms with Gasteiger partial charge in [0.15, 0.2) is 11.5 Å². The third-order valence-corrected chi connectivity index (χ3v) is 3.94. The number of rotatable bonds is 5. The smallest absolute Gasteiger partial charge is 0.271 e. The number of hydrogen-bond donors (Lipinski definition) is 2. The number of amides is 1. The molecule has 0 atom stereocenters. The van der Waals surface area contributed by atoms with Crippen molar-refractivity contribution in [1.82, 2.24) is 20.8 Å². The van der Waals surface area contributed by atoms with E-state index in [0.717, 1.165) is 25.5 Å². The van der Waals surface area contributed by atoms with Crippen LogP contribution in [0.15, 0.2) is 12.1 Å². The predicted octanol–water partition coefficient (Wildman–Crippen LogP) is 1.05. The second-order valence-electron chi connectivity index (χ2n) is 5.80. The van der Waals surface area contributed by atoms with Gasteiger partial charge in [-0.1, -0.05) is 0 Å². The Morgan fingerprint density at radius 2 is 2.10 bits per heavy atom. The van der Waals surface area contributed by atoms with E-state index in [1.807, 2.05) is 6.07 Å². The summed E-state index contributed by atoms with van der Waals surface area (Å²) in [6.45, 7) is 7.51. The molecule has 2 N–H and O–H groups in total. The zero-order chi connectivity index (χ0) is 15.2. The van der Waals surface area contributed by atoms with E-state index in [-0.39, 0.29) is 5.91 Å². The van der Waals surface area contributed by atoms with Gasteiger partial charge in [0.2, 0.25) is 0 Å². The molecule has 21 heavy (non-hydrogen) atoms. The lowest BCUT2D eigenvalue weighted by molar-refractivity contribution is 0.0957. The molecule has 6 heteroatoms. The van der Waals surface area contributed by atoms with Crippen LogP contribution in [0.2, 0.25) is 0 Å². The van der Waals surface area contributed by atoms with E-state index in [9.17, 15) is 4.79 Å². The molecule has 116 valence electrons. The fourth-order valence-electron chi connectivity index (χ4n) is 2.64. The zero-order valence-corrected chi connectivity index (χ0v) is 13.1. The molecular weight excluding hydrogens is 266 g/mol. The van der Waals surface area contributed by atoms with Crippen molar-refractivity contribution in [1.29, 1.82) is 0 Å². The van der Waals surface area contributed by atoms with Gasteiger partial charge in [-0.2, -0.15) is 0 Å². The normalized spacial score (nSPS) is 16.0. The minimum absolute atomic E-state index is 0.205. The van der Waals surface area contributed by atoms with Crippen molar-refractivity contribution in [3.05, 3.63) is 17.8 Å². The fraction of sp³-hybridized carbons (Fsp3) is 0.667. The fourth-order valence-corrected chi connectivity index (χ4v) is 2.64. The van der Waals surface area contributed by atoms with Crippen LogP contribution in [0.5, 0.6) is 0 Å². The monoisotopic (exact) mass is 291 g/mol. The Morgan fingerprint density at radius 1 is 1.38 bits per heavy atom. The molecule has 2 heterocycles. The highest BCUT2D eigenvalue weighted by Gasteiger charge is 2.20. The van der Waals surface area contributed by atoms with Crippen LogP contribution in [0.25, 0.3) is 0 Å². The van der Waals surface area contributed by atoms with E-state index in [0.29, 0.717) is 17.7 Å². The van der Waals surface area contributed by atoms with Gasteiger partial charge < -0.3 is 15.5 Å². The summed E-state index contributed by atoms with van der Waals surface area (Å²) in [5.41, 5.74) is 0.354. The van der Waals surface area contributed by atoms with Crippen molar-refractivity contribution >= 4 is 11.7 Å². The van der Waals surface area contributed by atoms with Crippen molar-refractivity contribution in [3.8, 4) is 0 Å². The summed E-state index contributed by atoms with van der Waals surface area (Å²) in [4.78, 5) is 13.8. The van der Waals surface area contributed by atoms with E-state index in [1.54, 1.807) is 13.1 Å². The highest BCUT2D eigenvalue weighted by Crippen LogP contribution is 2.20. The second kappa shape index (κ2) is 7.36. The third-order valence-electron chi connectivity index (χ3n) is 3.94. The first-order valence-electron chi connectivity index (χ1n) is 7.65. The molecule has 0 radical (unpaired) electrons. The average molecular weight is 291 g/mol. The number of nitrogens with zero attached hydrogens (tertiary/aromatic N) is 3. The van der Waals surface area contributed by atoms with Gasteiger partial charge in [-0.05, 0) is 57.8 Å². The van der Waals surface area contributed by atoms with Gasteiger partial charge in [-0.3, -0.25) is 4.79 Å². The summed E-state index contributed by atoms with van der Waals surface area (Å²) >= 11 is 0. The van der Waals surface area contributed by atoms with Crippen LogP contribution in [0.4, 0.5) is 5.82 Å². The molecule has 0 bridgehead atoms. The molecule has 1 fully saturated rings. The number of anilines is 1. The number of nitrogens with one attached hydrogen (secondary N) is 2. The highest BCUT2D eigenvalue weighted by atomic mass is 16.1. The SMILES string of the molecule is CNC(=O)c1ccc(N(CC2CCNCC2)C(C)C)nn1. The van der Waals surface area contributed by atoms with Crippen LogP contribution in [0.1, 0.15) is 37.2 Å². The summed E-state index contributed by atoms with van der Waals surface area (Å²) in [6.07, 6.45) is 2.40. The molecule has 0 unspecified atom stereocenters. The summed E-state index contributed by atoms with van der Waals surface area (Å²) in [5, 5.41) is 14.2. The van der Waals surface area contributed by atoms with Crippen molar-refractivity contribution < 1.29 is 4.79 Å². The maximum atomic E-state index is 11.5. The topological polar surface area (TPSA) is 70.2 Å². The van der Waals surface area contributed by atoms with Gasteiger partial charge in [0.05, 0.1) is 0 Å². The molecule has 2 rings (SSSR count). The van der Waals surface area contributed by atoms with Crippen molar-refractivity contribution in [3.63, 3.8) is 0 Å². The standard InChI is InChI=1S/C15H25N5O/c1-11(2)20(10-12-6-8-17-9-7-12)14-5-4-13(18-19-14)15(21)16-3/h4-5,11-12,17H,6-10H2,1-3H3,(H,16,21). The number of carbonyl (C=O) groups is 1. The summed E-state index contributed by atoms with van der Waals surface area (Å²) in [5.74, 6) is 1.33. The van der Waals surface area contributed by atoms with Gasteiger partial charge in [0.1, 0.15) is 0 Å². The molecule has 1 aromatic rings. The van der Waals surface area contributed by atoms with Gasteiger partial charge >= 0.3 is 0 Å². The van der Waals surface area contributed by atoms with E-state index >= 15 is 0 Å². The minimum Gasteiger partial charge on any atom is -0.354 e. The largest absolute Gasteiger partial charge is 0.354 e. The lowest BCUT2D eigenvalue weighted by Gasteiger charge is -2.33. The summed E-state index contributed by atoms with van der Waals surface area (Å²) in [7, 11) is 1.59. The van der Waals surface area contributed by atoms with Crippen LogP contribution in [0, 0.1) is 5.92 Å². The summed E-state index contributed by atoms with van der Waals surface area (Å²) in [6, 6.07) is 3.98. The summed E-state index contributed by atoms with van der Waals surface area (Å²) < 4.78 is 0. The van der Waals surface area contributed by atoms with Gasteiger partial charge in [-0.15, -0.1) is 10.2 Å². The molecule has 6 nitrogen and oxygen atoms in total. The quantitative estimate of drug-likeness (QED) is 0.848. The molecule has 0 aliphatic carbocycles. The third kappa shape index (κ3) is 4.14. The maximum absolute atomic E-state index is 11.5. The molecule has 1 amide bonds. The predicted molar refractivity (Wildman–Crippen MR) is 83.5 cm³/mol. The Labute approximate surface area is 126 Å². The van der Waals surface area contributed by atoms with Crippen LogP contribution in [-0.2, 0) is 0 Å². The van der Waals surface area contributed by atoms with E-state index in [2.05, 4.69) is 39.6 Å². The average Bonchev–Trinajstić information content (AvgIpc) is 2.53. The van der Waals surface area contributed by atoms with E-state index in [1.165, 1.54) is 12.8 Å². The molecule has 0 spiro atoms. The van der Waals surface area contributed by atoms with Gasteiger partial charge in [0.25, 0.3) is 5.91 Å². The van der Waals surface area contributed by atoms with Gasteiger partial charge in [0, 0.05) is 19.6 Å². The molecular formula is C15H25N5O. The number of piperidine rings is 1. The van der Waals surface area contributed by atoms with Crippen LogP contribution in [-0.4, -0.2) is 48.8 Å². The molecule has 1 aliphatic heterocycles. The Hall–Kier alpha value is -1.69. The van der Waals surface area contributed by atoms with E-state index in [4.69, 9.17) is 0 Å². The second-order valence-corrected chi connectivity index (χ2v) is 5.80. The van der Waals surface area contributed by atoms with Crippen LogP contribution in [0.3, 0.4) is 0 Å². The highest BCUT2D eigenvalue weighted by molar-refractivity contribution is 5.91. The lowest BCUT2D eigenvalue weighted by Crippen LogP contribution is -2.40. The van der Waals surface area contributed by atoms with Crippen LogP contribution >= 0.6 is 0 Å². The first-order valence-corrected chi connectivity index (χ1v) is 7.65. The first kappa shape index (κ1) is 15.7. The number of hydrogen-bond acceptors (Lipinski definition) is 5. The molecule has 1 saturated heterocycles. The van der Waals surface area contributed by atoms with E-state index < -0.39 is 0 Å². The Morgan fingerprint density at radius 3 is 2.62 bits per heavy atom. The Balaban J connectivity index is 2.08. The minimum atomic E-state index is -0.205. The van der Waals surface area contributed by atoms with Crippen molar-refractivity contribution in [2.24, 2.45) is 5.92 Å². The first-order chi connectivity index (χ1) is 10.1. The Bertz CT molecular complexity index is 454. The lowest BCUT2D eigenvalue weighted by atomic mass is 9.97. The molecule has 0 saturated carbocycles. The van der Waals surface area contributed by atoms with Crippen LogP contribution < -0.4 is 15.5 Å². The van der Waals surface area contributed by atoms with Crippen molar-refractivity contribution in [2.75, 3.05) is 31.6 Å².